The largest absolute Gasteiger partial charge is 0.506 e. The molecule has 6 nitrogen and oxygen atoms in total. The molecule has 9 heteroatoms. The average Bonchev–Trinajstić information content (AvgIpc) is 3.10. The van der Waals surface area contributed by atoms with Crippen LogP contribution in [0.3, 0.4) is 0 Å². The van der Waals surface area contributed by atoms with Crippen molar-refractivity contribution in [1.82, 2.24) is 20.3 Å². The third kappa shape index (κ3) is 5.20. The van der Waals surface area contributed by atoms with Gasteiger partial charge in [0.2, 0.25) is 5.95 Å². The summed E-state index contributed by atoms with van der Waals surface area (Å²) >= 11 is 17.3. The van der Waals surface area contributed by atoms with Crippen LogP contribution in [0.1, 0.15) is 24.8 Å². The molecule has 3 N–H and O–H groups in total. The molecule has 0 amide bonds. The Balaban J connectivity index is 0.000000169. The number of rotatable bonds is 3. The highest BCUT2D eigenvalue weighted by Gasteiger charge is 2.14. The first-order valence-corrected chi connectivity index (χ1v) is 10.2. The first-order chi connectivity index (χ1) is 13.5. The Hall–Kier alpha value is -1.73. The molecule has 3 aromatic rings. The van der Waals surface area contributed by atoms with E-state index in [0.717, 1.165) is 24.6 Å². The van der Waals surface area contributed by atoms with E-state index in [2.05, 4.69) is 25.2 Å². The Bertz CT molecular complexity index is 941. The van der Waals surface area contributed by atoms with Gasteiger partial charge in [-0.15, -0.1) is 0 Å². The van der Waals surface area contributed by atoms with E-state index >= 15 is 0 Å². The minimum Gasteiger partial charge on any atom is -0.506 e. The van der Waals surface area contributed by atoms with Crippen LogP contribution in [0.15, 0.2) is 24.3 Å². The summed E-state index contributed by atoms with van der Waals surface area (Å²) in [6.07, 6.45) is 3.80. The summed E-state index contributed by atoms with van der Waals surface area (Å²) in [5.41, 5.74) is 2.35. The predicted molar refractivity (Wildman–Crippen MR) is 116 cm³/mol. The molecule has 0 spiro atoms. The van der Waals surface area contributed by atoms with Crippen molar-refractivity contribution in [2.24, 2.45) is 0 Å². The minimum atomic E-state index is 0.0930. The van der Waals surface area contributed by atoms with Crippen molar-refractivity contribution in [1.29, 1.82) is 0 Å². The van der Waals surface area contributed by atoms with Gasteiger partial charge in [-0.25, -0.2) is 4.98 Å². The molecule has 1 aliphatic heterocycles. The summed E-state index contributed by atoms with van der Waals surface area (Å²) < 4.78 is 0. The van der Waals surface area contributed by atoms with Gasteiger partial charge in [-0.3, -0.25) is 0 Å². The van der Waals surface area contributed by atoms with Gasteiger partial charge in [0.1, 0.15) is 10.9 Å². The molecule has 1 aliphatic rings. The number of hydrogen-bond donors (Lipinski definition) is 3. The number of aromatic amines is 1. The Kier molecular flexibility index (Phi) is 7.24. The summed E-state index contributed by atoms with van der Waals surface area (Å²) in [5.74, 6) is 1.01. The van der Waals surface area contributed by atoms with Crippen LogP contribution in [0.4, 0.5) is 5.95 Å². The van der Waals surface area contributed by atoms with E-state index in [1.165, 1.54) is 25.3 Å². The van der Waals surface area contributed by atoms with Crippen molar-refractivity contribution in [2.75, 3.05) is 25.0 Å². The number of phenolic OH excluding ortho intramolecular Hbond substituents is 1. The molecule has 1 fully saturated rings. The zero-order valence-corrected chi connectivity index (χ0v) is 17.7. The summed E-state index contributed by atoms with van der Waals surface area (Å²) in [4.78, 5) is 14.2. The van der Waals surface area contributed by atoms with Crippen molar-refractivity contribution < 1.29 is 5.11 Å². The van der Waals surface area contributed by atoms with Crippen LogP contribution < -0.4 is 10.2 Å². The van der Waals surface area contributed by atoms with Gasteiger partial charge in [0.25, 0.3) is 0 Å². The first-order valence-electron chi connectivity index (χ1n) is 9.06. The molecule has 1 aromatic carbocycles. The molecule has 4 rings (SSSR count). The smallest absolute Gasteiger partial charge is 0.205 e. The highest BCUT2D eigenvalue weighted by Crippen LogP contribution is 2.30. The Morgan fingerprint density at radius 1 is 1.11 bits per heavy atom. The number of hydrogen-bond acceptors (Lipinski definition) is 5. The predicted octanol–water partition coefficient (Wildman–Crippen LogP) is 5.02. The molecule has 0 aliphatic carbocycles. The van der Waals surface area contributed by atoms with Crippen LogP contribution in [0.25, 0.3) is 11.2 Å². The first kappa shape index (κ1) is 21.0. The fourth-order valence-electron chi connectivity index (χ4n) is 3.06. The van der Waals surface area contributed by atoms with Crippen LogP contribution in [-0.2, 0) is 6.54 Å². The number of pyridine rings is 1. The number of nitrogens with zero attached hydrogens (tertiary/aromatic N) is 3. The number of halogens is 3. The lowest BCUT2D eigenvalue weighted by molar-refractivity contribution is 0.466. The van der Waals surface area contributed by atoms with E-state index < -0.39 is 0 Å². The van der Waals surface area contributed by atoms with Crippen molar-refractivity contribution in [3.8, 4) is 5.75 Å². The normalized spacial score (nSPS) is 14.1. The van der Waals surface area contributed by atoms with Gasteiger partial charge in [0.15, 0.2) is 5.65 Å². The SMILES string of the molecule is CNCc1cc(Cl)cc(Cl)c1O.Clc1ccc2[nH]c(N3CCCCC3)nc2n1. The lowest BCUT2D eigenvalue weighted by Gasteiger charge is -2.25. The quantitative estimate of drug-likeness (QED) is 0.496. The lowest BCUT2D eigenvalue weighted by atomic mass is 10.1. The average molecular weight is 443 g/mol. The summed E-state index contributed by atoms with van der Waals surface area (Å²) in [6.45, 7) is 2.70. The molecule has 0 atom stereocenters. The number of imidazole rings is 1. The van der Waals surface area contributed by atoms with E-state index in [0.29, 0.717) is 27.9 Å². The number of nitrogens with one attached hydrogen (secondary N) is 2. The minimum absolute atomic E-state index is 0.0930. The zero-order valence-electron chi connectivity index (χ0n) is 15.5. The van der Waals surface area contributed by atoms with Gasteiger partial charge in [-0.1, -0.05) is 34.8 Å². The molecule has 28 heavy (non-hydrogen) atoms. The lowest BCUT2D eigenvalue weighted by Crippen LogP contribution is -2.30. The highest BCUT2D eigenvalue weighted by atomic mass is 35.5. The summed E-state index contributed by atoms with van der Waals surface area (Å²) in [6, 6.07) is 6.89. The second-order valence-corrected chi connectivity index (χ2v) is 7.77. The number of piperidine rings is 1. The molecule has 2 aromatic heterocycles. The standard InChI is InChI=1S/C11H13ClN4.C8H9Cl2NO/c12-9-5-4-8-10(14-9)15-11(13-8)16-6-2-1-3-7-16;1-11-4-5-2-6(9)3-7(10)8(5)12/h4-5H,1-3,6-7H2,(H,13,14,15);2-3,11-12H,4H2,1H3. The molecule has 0 bridgehead atoms. The Morgan fingerprint density at radius 3 is 2.57 bits per heavy atom. The van der Waals surface area contributed by atoms with Crippen molar-refractivity contribution >= 4 is 51.9 Å². The maximum atomic E-state index is 9.42. The van der Waals surface area contributed by atoms with Crippen molar-refractivity contribution in [2.45, 2.75) is 25.8 Å². The molecule has 150 valence electrons. The molecular weight excluding hydrogens is 421 g/mol. The fourth-order valence-corrected chi connectivity index (χ4v) is 3.74. The van der Waals surface area contributed by atoms with Crippen LogP contribution in [0.5, 0.6) is 5.75 Å². The van der Waals surface area contributed by atoms with E-state index in [1.54, 1.807) is 19.2 Å². The van der Waals surface area contributed by atoms with Gasteiger partial charge >= 0.3 is 0 Å². The third-order valence-corrected chi connectivity index (χ3v) is 5.15. The third-order valence-electron chi connectivity index (χ3n) is 4.43. The monoisotopic (exact) mass is 441 g/mol. The van der Waals surface area contributed by atoms with Crippen LogP contribution in [0, 0.1) is 0 Å². The van der Waals surface area contributed by atoms with Crippen molar-refractivity contribution in [3.63, 3.8) is 0 Å². The highest BCUT2D eigenvalue weighted by molar-refractivity contribution is 6.35. The Labute approximate surface area is 178 Å². The van der Waals surface area contributed by atoms with Gasteiger partial charge in [0.05, 0.1) is 10.5 Å². The maximum absolute atomic E-state index is 9.42. The second-order valence-electron chi connectivity index (χ2n) is 6.54. The van der Waals surface area contributed by atoms with E-state index in [4.69, 9.17) is 34.8 Å². The van der Waals surface area contributed by atoms with Crippen LogP contribution in [0.2, 0.25) is 15.2 Å². The second kappa shape index (κ2) is 9.65. The molecule has 3 heterocycles. The number of benzene rings is 1. The molecular formula is C19H22Cl3N5O. The molecule has 0 unspecified atom stereocenters. The van der Waals surface area contributed by atoms with E-state index in [1.807, 2.05) is 6.07 Å². The topological polar surface area (TPSA) is 77.1 Å². The number of anilines is 1. The molecule has 0 saturated carbocycles. The number of phenols is 1. The molecule has 1 saturated heterocycles. The summed E-state index contributed by atoms with van der Waals surface area (Å²) in [7, 11) is 1.79. The van der Waals surface area contributed by atoms with Crippen LogP contribution in [-0.4, -0.2) is 40.2 Å². The van der Waals surface area contributed by atoms with E-state index in [-0.39, 0.29) is 10.8 Å². The number of aromatic nitrogens is 3. The fraction of sp³-hybridized carbons (Fsp3) is 0.368. The van der Waals surface area contributed by atoms with Gasteiger partial charge in [0, 0.05) is 30.2 Å². The summed E-state index contributed by atoms with van der Waals surface area (Å²) in [5, 5.41) is 13.6. The zero-order chi connectivity index (χ0) is 20.1. The van der Waals surface area contributed by atoms with Crippen molar-refractivity contribution in [3.05, 3.63) is 45.0 Å². The van der Waals surface area contributed by atoms with E-state index in [9.17, 15) is 5.11 Å². The van der Waals surface area contributed by atoms with Gasteiger partial charge in [-0.2, -0.15) is 4.98 Å². The number of aromatic hydroxyl groups is 1. The van der Waals surface area contributed by atoms with Gasteiger partial charge < -0.3 is 20.3 Å². The van der Waals surface area contributed by atoms with Crippen LogP contribution >= 0.6 is 34.8 Å². The maximum Gasteiger partial charge on any atom is 0.205 e. The Morgan fingerprint density at radius 2 is 1.86 bits per heavy atom. The van der Waals surface area contributed by atoms with Gasteiger partial charge in [-0.05, 0) is 50.6 Å². The number of fused-ring (bicyclic) bond motifs is 1. The number of H-pyrrole nitrogens is 1. The molecule has 0 radical (unpaired) electrons.